The molecule has 0 aliphatic carbocycles. The smallest absolute Gasteiger partial charge is 0.352 e. The van der Waals surface area contributed by atoms with Gasteiger partial charge in [-0.2, -0.15) is 0 Å². The molecule has 0 aliphatic heterocycles. The molecule has 0 bridgehead atoms. The minimum Gasteiger partial charge on any atom is -0.477 e. The Bertz CT molecular complexity index is 500. The standard InChI is InChI=1S/C9H8BrNO2S/c1-2-5-7(10)8-6(14-5)3-4(11-8)9(12)13/h3,11H,2H2,1H3,(H,12,13). The van der Waals surface area contributed by atoms with Crippen LogP contribution in [0.1, 0.15) is 22.3 Å². The number of hydrogen-bond acceptors (Lipinski definition) is 2. The molecule has 74 valence electrons. The largest absolute Gasteiger partial charge is 0.477 e. The van der Waals surface area contributed by atoms with E-state index >= 15 is 0 Å². The van der Waals surface area contributed by atoms with Gasteiger partial charge in [-0.1, -0.05) is 6.92 Å². The van der Waals surface area contributed by atoms with Gasteiger partial charge < -0.3 is 10.1 Å². The van der Waals surface area contributed by atoms with Crippen LogP contribution in [0.15, 0.2) is 10.5 Å². The fourth-order valence-corrected chi connectivity index (χ4v) is 3.34. The topological polar surface area (TPSA) is 53.1 Å². The number of carboxylic acids is 1. The molecule has 3 nitrogen and oxygen atoms in total. The van der Waals surface area contributed by atoms with Crippen molar-refractivity contribution in [2.24, 2.45) is 0 Å². The highest BCUT2D eigenvalue weighted by atomic mass is 79.9. The highest BCUT2D eigenvalue weighted by Crippen LogP contribution is 2.35. The van der Waals surface area contributed by atoms with Gasteiger partial charge in [-0.05, 0) is 28.4 Å². The summed E-state index contributed by atoms with van der Waals surface area (Å²) in [6.45, 7) is 2.08. The molecule has 14 heavy (non-hydrogen) atoms. The quantitative estimate of drug-likeness (QED) is 0.883. The van der Waals surface area contributed by atoms with Gasteiger partial charge in [-0.3, -0.25) is 0 Å². The fourth-order valence-electron chi connectivity index (χ4n) is 1.34. The number of thiophene rings is 1. The molecule has 0 amide bonds. The average molecular weight is 274 g/mol. The Morgan fingerprint density at radius 3 is 2.93 bits per heavy atom. The SMILES string of the molecule is CCc1sc2cc(C(=O)O)[nH]c2c1Br. The van der Waals surface area contributed by atoms with Crippen LogP contribution >= 0.6 is 27.3 Å². The number of rotatable bonds is 2. The zero-order chi connectivity index (χ0) is 10.3. The molecule has 0 aliphatic rings. The first-order valence-corrected chi connectivity index (χ1v) is 5.77. The van der Waals surface area contributed by atoms with E-state index in [9.17, 15) is 4.79 Å². The molecule has 0 saturated heterocycles. The molecule has 2 heterocycles. The maximum absolute atomic E-state index is 10.7. The van der Waals surface area contributed by atoms with Crippen LogP contribution in [0.2, 0.25) is 0 Å². The van der Waals surface area contributed by atoms with Crippen molar-refractivity contribution in [3.63, 3.8) is 0 Å². The third-order valence-corrected chi connectivity index (χ3v) is 4.45. The molecule has 0 atom stereocenters. The summed E-state index contributed by atoms with van der Waals surface area (Å²) in [5, 5.41) is 8.78. The van der Waals surface area contributed by atoms with E-state index in [1.54, 1.807) is 17.4 Å². The summed E-state index contributed by atoms with van der Waals surface area (Å²) in [5.41, 5.74) is 1.14. The molecule has 0 saturated carbocycles. The second-order valence-electron chi connectivity index (χ2n) is 2.92. The number of H-pyrrole nitrogens is 1. The Morgan fingerprint density at radius 2 is 2.43 bits per heavy atom. The van der Waals surface area contributed by atoms with Crippen LogP contribution in [0.4, 0.5) is 0 Å². The second-order valence-corrected chi connectivity index (χ2v) is 4.85. The van der Waals surface area contributed by atoms with Gasteiger partial charge in [0.2, 0.25) is 0 Å². The average Bonchev–Trinajstić information content (AvgIpc) is 2.66. The van der Waals surface area contributed by atoms with Crippen molar-refractivity contribution in [1.29, 1.82) is 0 Å². The van der Waals surface area contributed by atoms with E-state index in [1.165, 1.54) is 4.88 Å². The van der Waals surface area contributed by atoms with Crippen LogP contribution in [0.3, 0.4) is 0 Å². The van der Waals surface area contributed by atoms with E-state index in [0.29, 0.717) is 0 Å². The van der Waals surface area contributed by atoms with Gasteiger partial charge in [0, 0.05) is 4.88 Å². The van der Waals surface area contributed by atoms with E-state index in [0.717, 1.165) is 21.1 Å². The van der Waals surface area contributed by atoms with Crippen molar-refractivity contribution in [2.45, 2.75) is 13.3 Å². The number of carbonyl (C=O) groups is 1. The third-order valence-electron chi connectivity index (χ3n) is 2.03. The summed E-state index contributed by atoms with van der Waals surface area (Å²) in [7, 11) is 0. The molecule has 2 rings (SSSR count). The van der Waals surface area contributed by atoms with E-state index in [-0.39, 0.29) is 5.69 Å². The van der Waals surface area contributed by atoms with Crippen molar-refractivity contribution in [3.8, 4) is 0 Å². The Morgan fingerprint density at radius 1 is 1.71 bits per heavy atom. The lowest BCUT2D eigenvalue weighted by Gasteiger charge is -1.90. The number of aromatic nitrogens is 1. The summed E-state index contributed by atoms with van der Waals surface area (Å²) in [5.74, 6) is -0.918. The molecule has 5 heteroatoms. The van der Waals surface area contributed by atoms with Crippen LogP contribution in [0.5, 0.6) is 0 Å². The number of carboxylic acid groups (broad SMARTS) is 1. The predicted molar refractivity (Wildman–Crippen MR) is 60.2 cm³/mol. The van der Waals surface area contributed by atoms with Gasteiger partial charge >= 0.3 is 5.97 Å². The number of aryl methyl sites for hydroxylation is 1. The van der Waals surface area contributed by atoms with Crippen LogP contribution in [0, 0.1) is 0 Å². The summed E-state index contributed by atoms with van der Waals surface area (Å²) in [6, 6.07) is 1.67. The van der Waals surface area contributed by atoms with E-state index in [2.05, 4.69) is 27.8 Å². The number of aromatic amines is 1. The third kappa shape index (κ3) is 1.36. The minimum atomic E-state index is -0.918. The maximum atomic E-state index is 10.7. The van der Waals surface area contributed by atoms with Crippen LogP contribution in [-0.2, 0) is 6.42 Å². The predicted octanol–water partition coefficient (Wildman–Crippen LogP) is 3.25. The monoisotopic (exact) mass is 273 g/mol. The van der Waals surface area contributed by atoms with E-state index in [1.807, 2.05) is 0 Å². The first kappa shape index (κ1) is 9.73. The molecule has 2 N–H and O–H groups in total. The van der Waals surface area contributed by atoms with Crippen LogP contribution < -0.4 is 0 Å². The molecule has 2 aromatic rings. The zero-order valence-corrected chi connectivity index (χ0v) is 9.83. The van der Waals surface area contributed by atoms with Gasteiger partial charge in [-0.15, -0.1) is 11.3 Å². The number of hydrogen-bond donors (Lipinski definition) is 2. The zero-order valence-electron chi connectivity index (χ0n) is 7.43. The van der Waals surface area contributed by atoms with Gasteiger partial charge in [0.25, 0.3) is 0 Å². The first-order valence-electron chi connectivity index (χ1n) is 4.16. The van der Waals surface area contributed by atoms with Crippen molar-refractivity contribution >= 4 is 43.5 Å². The Kier molecular flexibility index (Phi) is 2.36. The van der Waals surface area contributed by atoms with Crippen LogP contribution in [-0.4, -0.2) is 16.1 Å². The van der Waals surface area contributed by atoms with Crippen molar-refractivity contribution in [3.05, 3.63) is 21.1 Å². The molecule has 0 radical (unpaired) electrons. The van der Waals surface area contributed by atoms with Gasteiger partial charge in [0.05, 0.1) is 14.7 Å². The lowest BCUT2D eigenvalue weighted by atomic mass is 10.3. The minimum absolute atomic E-state index is 0.245. The van der Waals surface area contributed by atoms with Crippen molar-refractivity contribution < 1.29 is 9.90 Å². The molecular weight excluding hydrogens is 266 g/mol. The molecule has 0 unspecified atom stereocenters. The number of fused-ring (bicyclic) bond motifs is 1. The Labute approximate surface area is 92.9 Å². The lowest BCUT2D eigenvalue weighted by molar-refractivity contribution is 0.0691. The summed E-state index contributed by atoms with van der Waals surface area (Å²) in [6.07, 6.45) is 0.955. The molecule has 0 fully saturated rings. The molecule has 0 aromatic carbocycles. The van der Waals surface area contributed by atoms with Crippen LogP contribution in [0.25, 0.3) is 10.2 Å². The van der Waals surface area contributed by atoms with Crippen molar-refractivity contribution in [2.75, 3.05) is 0 Å². The number of nitrogens with one attached hydrogen (secondary N) is 1. The number of aromatic carboxylic acids is 1. The molecule has 2 aromatic heterocycles. The first-order chi connectivity index (χ1) is 6.63. The van der Waals surface area contributed by atoms with Crippen molar-refractivity contribution in [1.82, 2.24) is 4.98 Å². The summed E-state index contributed by atoms with van der Waals surface area (Å²) >= 11 is 5.08. The molecular formula is C9H8BrNO2S. The number of halogens is 1. The Balaban J connectivity index is 2.64. The van der Waals surface area contributed by atoms with E-state index in [4.69, 9.17) is 5.11 Å². The normalized spacial score (nSPS) is 11.0. The second kappa shape index (κ2) is 3.40. The van der Waals surface area contributed by atoms with Gasteiger partial charge in [0.1, 0.15) is 5.69 Å². The van der Waals surface area contributed by atoms with Gasteiger partial charge in [-0.25, -0.2) is 4.79 Å². The van der Waals surface area contributed by atoms with Gasteiger partial charge in [0.15, 0.2) is 0 Å². The summed E-state index contributed by atoms with van der Waals surface area (Å²) < 4.78 is 1.98. The fraction of sp³-hybridized carbons (Fsp3) is 0.222. The molecule has 0 spiro atoms. The van der Waals surface area contributed by atoms with E-state index < -0.39 is 5.97 Å². The Hall–Kier alpha value is -0.810. The summed E-state index contributed by atoms with van der Waals surface area (Å²) in [4.78, 5) is 14.8. The highest BCUT2D eigenvalue weighted by Gasteiger charge is 2.14. The highest BCUT2D eigenvalue weighted by molar-refractivity contribution is 9.10. The lowest BCUT2D eigenvalue weighted by Crippen LogP contribution is -1.95. The maximum Gasteiger partial charge on any atom is 0.352 e.